The molecule has 0 radical (unpaired) electrons. The number of hydrogen-bond donors (Lipinski definition) is 1. The van der Waals surface area contributed by atoms with Crippen molar-refractivity contribution in [3.05, 3.63) is 0 Å². The van der Waals surface area contributed by atoms with Crippen molar-refractivity contribution < 1.29 is 4.74 Å². The van der Waals surface area contributed by atoms with Crippen LogP contribution in [0.15, 0.2) is 0 Å². The van der Waals surface area contributed by atoms with Gasteiger partial charge in [0.2, 0.25) is 0 Å². The number of methoxy groups -OCH3 is 1. The van der Waals surface area contributed by atoms with E-state index >= 15 is 0 Å². The van der Waals surface area contributed by atoms with E-state index in [1.54, 1.807) is 7.11 Å². The zero-order valence-electron chi connectivity index (χ0n) is 12.7. The molecule has 0 amide bonds. The van der Waals surface area contributed by atoms with Gasteiger partial charge in [0.1, 0.15) is 0 Å². The molecule has 0 aliphatic rings. The van der Waals surface area contributed by atoms with Crippen LogP contribution in [-0.2, 0) is 4.74 Å². The van der Waals surface area contributed by atoms with Gasteiger partial charge in [-0.3, -0.25) is 0 Å². The van der Waals surface area contributed by atoms with Crippen LogP contribution in [0.2, 0.25) is 0 Å². The maximum Gasteiger partial charge on any atom is 0.0615 e. The Morgan fingerprint density at radius 3 is 2.24 bits per heavy atom. The molecule has 3 heteroatoms. The molecule has 3 nitrogen and oxygen atoms in total. The number of hydrogen-bond acceptors (Lipinski definition) is 3. The summed E-state index contributed by atoms with van der Waals surface area (Å²) in [6.45, 7) is 13.1. The molecule has 104 valence electrons. The lowest BCUT2D eigenvalue weighted by Gasteiger charge is -2.38. The van der Waals surface area contributed by atoms with Crippen molar-refractivity contribution in [2.75, 3.05) is 40.4 Å². The molecule has 17 heavy (non-hydrogen) atoms. The Labute approximate surface area is 108 Å². The molecule has 0 bridgehead atoms. The second-order valence-corrected chi connectivity index (χ2v) is 5.21. The summed E-state index contributed by atoms with van der Waals surface area (Å²) in [4.78, 5) is 2.42. The monoisotopic (exact) mass is 244 g/mol. The molecule has 1 atom stereocenters. The Morgan fingerprint density at radius 1 is 1.24 bits per heavy atom. The van der Waals surface area contributed by atoms with E-state index in [1.807, 2.05) is 0 Å². The first-order valence-electron chi connectivity index (χ1n) is 6.95. The van der Waals surface area contributed by atoms with E-state index in [1.165, 1.54) is 12.8 Å². The number of nitrogens with one attached hydrogen (secondary N) is 1. The molecule has 0 aromatic carbocycles. The van der Waals surface area contributed by atoms with Crippen LogP contribution in [0.1, 0.15) is 40.5 Å². The lowest BCUT2D eigenvalue weighted by molar-refractivity contribution is 0.0757. The van der Waals surface area contributed by atoms with Gasteiger partial charge in [-0.1, -0.05) is 20.8 Å². The van der Waals surface area contributed by atoms with Gasteiger partial charge in [0.05, 0.1) is 6.61 Å². The van der Waals surface area contributed by atoms with Gasteiger partial charge in [0, 0.05) is 26.2 Å². The summed E-state index contributed by atoms with van der Waals surface area (Å²) in [5.74, 6) is 0. The van der Waals surface area contributed by atoms with Crippen molar-refractivity contribution in [3.8, 4) is 0 Å². The topological polar surface area (TPSA) is 24.5 Å². The summed E-state index contributed by atoms with van der Waals surface area (Å²) in [6, 6.07) is 0.485. The second-order valence-electron chi connectivity index (χ2n) is 5.21. The van der Waals surface area contributed by atoms with E-state index in [0.29, 0.717) is 11.5 Å². The van der Waals surface area contributed by atoms with Crippen molar-refractivity contribution in [2.24, 2.45) is 5.41 Å². The molecule has 0 aromatic heterocycles. The standard InChI is InChI=1S/C14H32N2O/c1-7-14(8-2,11-15-9-3)12-16(5)13(4)10-17-6/h13,15H,7-12H2,1-6H3. The Morgan fingerprint density at radius 2 is 1.82 bits per heavy atom. The van der Waals surface area contributed by atoms with Gasteiger partial charge in [0.15, 0.2) is 0 Å². The zero-order valence-corrected chi connectivity index (χ0v) is 12.7. The van der Waals surface area contributed by atoms with E-state index in [0.717, 1.165) is 26.2 Å². The Bertz CT molecular complexity index is 181. The quantitative estimate of drug-likeness (QED) is 0.638. The van der Waals surface area contributed by atoms with Crippen LogP contribution in [0.3, 0.4) is 0 Å². The number of likely N-dealkylation sites (N-methyl/N-ethyl adjacent to an activating group) is 1. The average Bonchev–Trinajstić information content (AvgIpc) is 2.34. The van der Waals surface area contributed by atoms with Gasteiger partial charge in [-0.2, -0.15) is 0 Å². The molecule has 0 aliphatic heterocycles. The van der Waals surface area contributed by atoms with Crippen molar-refractivity contribution in [1.82, 2.24) is 10.2 Å². The van der Waals surface area contributed by atoms with Gasteiger partial charge in [0.25, 0.3) is 0 Å². The lowest BCUT2D eigenvalue weighted by Crippen LogP contribution is -2.46. The highest BCUT2D eigenvalue weighted by atomic mass is 16.5. The molecular weight excluding hydrogens is 212 g/mol. The Balaban J connectivity index is 4.40. The average molecular weight is 244 g/mol. The fourth-order valence-electron chi connectivity index (χ4n) is 2.22. The molecule has 0 fully saturated rings. The predicted octanol–water partition coefficient (Wildman–Crippen LogP) is 2.37. The molecular formula is C14H32N2O. The summed E-state index contributed by atoms with van der Waals surface area (Å²) in [5.41, 5.74) is 0.396. The van der Waals surface area contributed by atoms with Crippen molar-refractivity contribution in [1.29, 1.82) is 0 Å². The summed E-state index contributed by atoms with van der Waals surface area (Å²) >= 11 is 0. The molecule has 1 unspecified atom stereocenters. The normalized spacial score (nSPS) is 14.3. The molecule has 0 saturated heterocycles. The molecule has 0 saturated carbocycles. The highest BCUT2D eigenvalue weighted by molar-refractivity contribution is 4.83. The van der Waals surface area contributed by atoms with Crippen LogP contribution in [-0.4, -0.2) is 51.3 Å². The van der Waals surface area contributed by atoms with Crippen LogP contribution in [0, 0.1) is 5.41 Å². The summed E-state index contributed by atoms with van der Waals surface area (Å²) in [7, 11) is 3.98. The van der Waals surface area contributed by atoms with Gasteiger partial charge < -0.3 is 15.0 Å². The minimum Gasteiger partial charge on any atom is -0.383 e. The minimum atomic E-state index is 0.396. The van der Waals surface area contributed by atoms with Crippen LogP contribution < -0.4 is 5.32 Å². The van der Waals surface area contributed by atoms with Crippen LogP contribution >= 0.6 is 0 Å². The Kier molecular flexibility index (Phi) is 8.83. The van der Waals surface area contributed by atoms with Crippen molar-refractivity contribution in [2.45, 2.75) is 46.6 Å². The van der Waals surface area contributed by atoms with Gasteiger partial charge in [-0.05, 0) is 38.8 Å². The number of ether oxygens (including phenoxy) is 1. The van der Waals surface area contributed by atoms with Crippen LogP contribution in [0.5, 0.6) is 0 Å². The molecule has 1 N–H and O–H groups in total. The molecule has 0 heterocycles. The fourth-order valence-corrected chi connectivity index (χ4v) is 2.22. The maximum absolute atomic E-state index is 5.23. The van der Waals surface area contributed by atoms with Crippen molar-refractivity contribution >= 4 is 0 Å². The van der Waals surface area contributed by atoms with E-state index in [4.69, 9.17) is 4.74 Å². The third kappa shape index (κ3) is 5.84. The maximum atomic E-state index is 5.23. The van der Waals surface area contributed by atoms with Gasteiger partial charge in [-0.25, -0.2) is 0 Å². The first-order chi connectivity index (χ1) is 8.05. The van der Waals surface area contributed by atoms with E-state index < -0.39 is 0 Å². The van der Waals surface area contributed by atoms with Gasteiger partial charge in [-0.15, -0.1) is 0 Å². The zero-order chi connectivity index (χ0) is 13.3. The number of rotatable bonds is 10. The summed E-state index contributed by atoms with van der Waals surface area (Å²) in [6.07, 6.45) is 2.45. The smallest absolute Gasteiger partial charge is 0.0615 e. The second kappa shape index (κ2) is 8.90. The van der Waals surface area contributed by atoms with Crippen molar-refractivity contribution in [3.63, 3.8) is 0 Å². The Hall–Kier alpha value is -0.120. The molecule has 0 rings (SSSR count). The number of nitrogens with zero attached hydrogens (tertiary/aromatic N) is 1. The highest BCUT2D eigenvalue weighted by Gasteiger charge is 2.28. The van der Waals surface area contributed by atoms with E-state index in [2.05, 4.69) is 45.0 Å². The lowest BCUT2D eigenvalue weighted by atomic mass is 9.81. The third-order valence-electron chi connectivity index (χ3n) is 4.00. The summed E-state index contributed by atoms with van der Waals surface area (Å²) in [5, 5.41) is 3.51. The molecule has 0 aromatic rings. The third-order valence-corrected chi connectivity index (χ3v) is 4.00. The first-order valence-corrected chi connectivity index (χ1v) is 6.95. The fraction of sp³-hybridized carbons (Fsp3) is 1.00. The SMILES string of the molecule is CCNCC(CC)(CC)CN(C)C(C)COC. The minimum absolute atomic E-state index is 0.396. The molecule has 0 spiro atoms. The van der Waals surface area contributed by atoms with Crippen LogP contribution in [0.25, 0.3) is 0 Å². The largest absolute Gasteiger partial charge is 0.383 e. The summed E-state index contributed by atoms with van der Waals surface area (Å²) < 4.78 is 5.23. The predicted molar refractivity (Wildman–Crippen MR) is 75.5 cm³/mol. The molecule has 0 aliphatic carbocycles. The van der Waals surface area contributed by atoms with E-state index in [9.17, 15) is 0 Å². The van der Waals surface area contributed by atoms with Gasteiger partial charge >= 0.3 is 0 Å². The first kappa shape index (κ1) is 16.9. The van der Waals surface area contributed by atoms with Crippen LogP contribution in [0.4, 0.5) is 0 Å². The highest BCUT2D eigenvalue weighted by Crippen LogP contribution is 2.27. The van der Waals surface area contributed by atoms with E-state index in [-0.39, 0.29) is 0 Å².